The average molecular weight is 430 g/mol. The van der Waals surface area contributed by atoms with Gasteiger partial charge >= 0.3 is 0 Å². The Bertz CT molecular complexity index is 965. The van der Waals surface area contributed by atoms with Crippen molar-refractivity contribution in [1.82, 2.24) is 19.7 Å². The fourth-order valence-corrected chi connectivity index (χ4v) is 5.04. The molecule has 3 heterocycles. The van der Waals surface area contributed by atoms with Gasteiger partial charge in [-0.25, -0.2) is 0 Å². The molecule has 1 fully saturated rings. The van der Waals surface area contributed by atoms with Crippen molar-refractivity contribution in [2.45, 2.75) is 18.6 Å². The summed E-state index contributed by atoms with van der Waals surface area (Å²) in [6.07, 6.45) is 0. The molecule has 4 rings (SSSR count). The minimum absolute atomic E-state index is 0.107. The number of phenolic OH excluding ortho intramolecular Hbond substituents is 1. The predicted octanol–water partition coefficient (Wildman–Crippen LogP) is 3.17. The number of anilines is 1. The lowest BCUT2D eigenvalue weighted by molar-refractivity contribution is -0.128. The molecular weight excluding hydrogens is 406 g/mol. The number of amides is 1. The smallest absolute Gasteiger partial charge is 0.233 e. The molecule has 2 aromatic heterocycles. The summed E-state index contributed by atoms with van der Waals surface area (Å²) < 4.78 is 2.06. The molecule has 0 aliphatic carbocycles. The zero-order valence-electron chi connectivity index (χ0n) is 16.2. The molecule has 1 N–H and O–H groups in total. The molecule has 0 unspecified atom stereocenters. The Hall–Kier alpha value is -2.52. The molecule has 1 aliphatic heterocycles. The van der Waals surface area contributed by atoms with Gasteiger partial charge < -0.3 is 19.5 Å². The first-order chi connectivity index (χ1) is 14.2. The van der Waals surface area contributed by atoms with Crippen molar-refractivity contribution in [3.05, 3.63) is 41.8 Å². The summed E-state index contributed by atoms with van der Waals surface area (Å²) in [5, 5.41) is 21.4. The third-order valence-corrected chi connectivity index (χ3v) is 6.77. The van der Waals surface area contributed by atoms with Crippen molar-refractivity contribution in [3.8, 4) is 16.5 Å². The summed E-state index contributed by atoms with van der Waals surface area (Å²) in [7, 11) is 0. The van der Waals surface area contributed by atoms with Crippen molar-refractivity contribution >= 4 is 34.7 Å². The first-order valence-electron chi connectivity index (χ1n) is 9.58. The third kappa shape index (κ3) is 4.25. The van der Waals surface area contributed by atoms with Crippen molar-refractivity contribution in [2.75, 3.05) is 36.8 Å². The monoisotopic (exact) mass is 429 g/mol. The number of rotatable bonds is 6. The van der Waals surface area contributed by atoms with E-state index < -0.39 is 0 Å². The second-order valence-corrected chi connectivity index (χ2v) is 8.56. The number of piperazine rings is 1. The zero-order chi connectivity index (χ0) is 20.2. The third-order valence-electron chi connectivity index (χ3n) is 4.95. The lowest BCUT2D eigenvalue weighted by Crippen LogP contribution is -2.49. The molecule has 1 aromatic carbocycles. The summed E-state index contributed by atoms with van der Waals surface area (Å²) in [5.41, 5.74) is 0.825. The van der Waals surface area contributed by atoms with Gasteiger partial charge in [0, 0.05) is 32.7 Å². The van der Waals surface area contributed by atoms with Gasteiger partial charge in [0.1, 0.15) is 5.75 Å². The molecule has 1 aliphatic rings. The number of thiophene rings is 1. The average Bonchev–Trinajstić information content (AvgIpc) is 3.42. The van der Waals surface area contributed by atoms with Crippen LogP contribution in [0.4, 0.5) is 5.69 Å². The highest BCUT2D eigenvalue weighted by molar-refractivity contribution is 7.99. The van der Waals surface area contributed by atoms with Crippen LogP contribution in [0.5, 0.6) is 5.75 Å². The van der Waals surface area contributed by atoms with Crippen molar-refractivity contribution in [2.24, 2.45) is 0 Å². The summed E-state index contributed by atoms with van der Waals surface area (Å²) in [5.74, 6) is 1.59. The van der Waals surface area contributed by atoms with Gasteiger partial charge in [0.15, 0.2) is 11.0 Å². The van der Waals surface area contributed by atoms with Gasteiger partial charge in [0.2, 0.25) is 5.91 Å². The molecule has 0 spiro atoms. The summed E-state index contributed by atoms with van der Waals surface area (Å²) in [4.78, 5) is 17.8. The number of hydrogen-bond acceptors (Lipinski definition) is 7. The molecule has 1 saturated heterocycles. The van der Waals surface area contributed by atoms with Crippen LogP contribution in [0.15, 0.2) is 46.9 Å². The number of aromatic hydroxyl groups is 1. The van der Waals surface area contributed by atoms with E-state index in [2.05, 4.69) is 26.6 Å². The topological polar surface area (TPSA) is 74.5 Å². The number of carbonyl (C=O) groups is 1. The molecule has 0 saturated carbocycles. The van der Waals surface area contributed by atoms with Crippen molar-refractivity contribution in [1.29, 1.82) is 0 Å². The standard InChI is InChI=1S/C20H23N5O2S2/c1-2-25-19(17-8-5-13-28-17)21-22-20(25)29-14-18(27)24-11-9-23(10-12-24)15-6-3-4-7-16(15)26/h3-8,13,26H,2,9-12,14H2,1H3. The van der Waals surface area contributed by atoms with Crippen LogP contribution in [0.2, 0.25) is 0 Å². The molecule has 9 heteroatoms. The second-order valence-electron chi connectivity index (χ2n) is 6.67. The molecule has 152 valence electrons. The summed E-state index contributed by atoms with van der Waals surface area (Å²) in [6, 6.07) is 11.4. The molecule has 1 amide bonds. The SMILES string of the molecule is CCn1c(SCC(=O)N2CCN(c3ccccc3O)CC2)nnc1-c1cccs1. The first kappa shape index (κ1) is 19.8. The van der Waals surface area contributed by atoms with Crippen LogP contribution in [-0.2, 0) is 11.3 Å². The Morgan fingerprint density at radius 3 is 2.62 bits per heavy atom. The van der Waals surface area contributed by atoms with Gasteiger partial charge in [-0.2, -0.15) is 0 Å². The van der Waals surface area contributed by atoms with E-state index in [9.17, 15) is 9.90 Å². The maximum absolute atomic E-state index is 12.7. The fourth-order valence-electron chi connectivity index (χ4n) is 3.41. The van der Waals surface area contributed by atoms with E-state index in [4.69, 9.17) is 0 Å². The Balaban J connectivity index is 1.34. The van der Waals surface area contributed by atoms with Crippen LogP contribution in [-0.4, -0.2) is 62.6 Å². The van der Waals surface area contributed by atoms with Gasteiger partial charge in [-0.05, 0) is 30.5 Å². The Labute approximate surface area is 178 Å². The largest absolute Gasteiger partial charge is 0.506 e. The van der Waals surface area contributed by atoms with Crippen LogP contribution in [0.1, 0.15) is 6.92 Å². The van der Waals surface area contributed by atoms with Crippen molar-refractivity contribution in [3.63, 3.8) is 0 Å². The number of phenols is 1. The van der Waals surface area contributed by atoms with E-state index >= 15 is 0 Å². The molecule has 7 nitrogen and oxygen atoms in total. The van der Waals surface area contributed by atoms with E-state index in [1.807, 2.05) is 40.6 Å². The molecule has 0 radical (unpaired) electrons. The van der Waals surface area contributed by atoms with Crippen molar-refractivity contribution < 1.29 is 9.90 Å². The van der Waals surface area contributed by atoms with Gasteiger partial charge in [-0.3, -0.25) is 4.79 Å². The highest BCUT2D eigenvalue weighted by Crippen LogP contribution is 2.29. The minimum Gasteiger partial charge on any atom is -0.506 e. The van der Waals surface area contributed by atoms with Crippen LogP contribution in [0.3, 0.4) is 0 Å². The molecule has 3 aromatic rings. The highest BCUT2D eigenvalue weighted by Gasteiger charge is 2.23. The lowest BCUT2D eigenvalue weighted by Gasteiger charge is -2.36. The van der Waals surface area contributed by atoms with Gasteiger partial charge in [-0.1, -0.05) is 30.0 Å². The van der Waals surface area contributed by atoms with E-state index in [-0.39, 0.29) is 11.7 Å². The fraction of sp³-hybridized carbons (Fsp3) is 0.350. The van der Waals surface area contributed by atoms with Gasteiger partial charge in [-0.15, -0.1) is 21.5 Å². The molecule has 0 bridgehead atoms. The second kappa shape index (κ2) is 8.87. The quantitative estimate of drug-likeness (QED) is 0.607. The number of benzene rings is 1. The number of carbonyl (C=O) groups excluding carboxylic acids is 1. The van der Waals surface area contributed by atoms with Crippen LogP contribution >= 0.6 is 23.1 Å². The van der Waals surface area contributed by atoms with Crippen LogP contribution in [0.25, 0.3) is 10.7 Å². The number of hydrogen-bond donors (Lipinski definition) is 1. The summed E-state index contributed by atoms with van der Waals surface area (Å²) in [6.45, 7) is 5.53. The minimum atomic E-state index is 0.107. The normalized spacial score (nSPS) is 14.4. The summed E-state index contributed by atoms with van der Waals surface area (Å²) >= 11 is 3.08. The van der Waals surface area contributed by atoms with Gasteiger partial charge in [0.05, 0.1) is 16.3 Å². The maximum atomic E-state index is 12.7. The highest BCUT2D eigenvalue weighted by atomic mass is 32.2. The van der Waals surface area contributed by atoms with E-state index in [0.29, 0.717) is 31.9 Å². The number of aromatic nitrogens is 3. The Morgan fingerprint density at radius 1 is 1.14 bits per heavy atom. The number of para-hydroxylation sites is 2. The van der Waals surface area contributed by atoms with E-state index in [0.717, 1.165) is 28.1 Å². The number of nitrogens with zero attached hydrogens (tertiary/aromatic N) is 5. The molecule has 29 heavy (non-hydrogen) atoms. The van der Waals surface area contributed by atoms with Crippen LogP contribution < -0.4 is 4.90 Å². The predicted molar refractivity (Wildman–Crippen MR) is 117 cm³/mol. The first-order valence-corrected chi connectivity index (χ1v) is 11.4. The lowest BCUT2D eigenvalue weighted by atomic mass is 10.2. The van der Waals surface area contributed by atoms with E-state index in [1.54, 1.807) is 17.4 Å². The Morgan fingerprint density at radius 2 is 1.93 bits per heavy atom. The Kier molecular flexibility index (Phi) is 6.05. The number of thioether (sulfide) groups is 1. The van der Waals surface area contributed by atoms with Crippen LogP contribution in [0, 0.1) is 0 Å². The molecule has 0 atom stereocenters. The van der Waals surface area contributed by atoms with Gasteiger partial charge in [0.25, 0.3) is 0 Å². The zero-order valence-corrected chi connectivity index (χ0v) is 17.8. The maximum Gasteiger partial charge on any atom is 0.233 e. The molecular formula is C20H23N5O2S2. The van der Waals surface area contributed by atoms with E-state index in [1.165, 1.54) is 11.8 Å².